The molecule has 5 nitrogen and oxygen atoms in total. The number of hydrogen-bond donors (Lipinski definition) is 1. The summed E-state index contributed by atoms with van der Waals surface area (Å²) in [5.41, 5.74) is 2.07. The lowest BCUT2D eigenvalue weighted by Crippen LogP contribution is -2.61. The maximum atomic E-state index is 13.6. The number of anilines is 1. The Kier molecular flexibility index (Phi) is 6.16. The summed E-state index contributed by atoms with van der Waals surface area (Å²) >= 11 is 12.1. The smallest absolute Gasteiger partial charge is 0.255 e. The quantitative estimate of drug-likeness (QED) is 0.547. The van der Waals surface area contributed by atoms with E-state index >= 15 is 0 Å². The van der Waals surface area contributed by atoms with E-state index in [-0.39, 0.29) is 17.9 Å². The predicted octanol–water partition coefficient (Wildman–Crippen LogP) is 5.56. The van der Waals surface area contributed by atoms with Crippen LogP contribution >= 0.6 is 23.2 Å². The van der Waals surface area contributed by atoms with Gasteiger partial charge in [-0.15, -0.1) is 0 Å². The van der Waals surface area contributed by atoms with Crippen LogP contribution < -0.4 is 10.3 Å². The zero-order valence-electron chi connectivity index (χ0n) is 19.8. The van der Waals surface area contributed by atoms with E-state index < -0.39 is 5.92 Å². The molecule has 2 bridgehead atoms. The molecule has 34 heavy (non-hydrogen) atoms. The summed E-state index contributed by atoms with van der Waals surface area (Å²) in [7, 11) is 0. The molecule has 1 heterocycles. The Hall–Kier alpha value is -2.08. The minimum absolute atomic E-state index is 0.131. The fraction of sp³-hybridized carbons (Fsp3) is 0.481. The molecule has 3 unspecified atom stereocenters. The number of carbonyl (C=O) groups excluding carboxylic acids is 2. The SMILES string of the molecule is C[C@H]1C(NC(=O)C2CN(Cc3ccc(Cl)cc3)N(c3ccc(Cl)cc3)C2=O)CC2C[C@H]1C2(C)C. The highest BCUT2D eigenvalue weighted by atomic mass is 35.5. The molecule has 3 saturated carbocycles. The summed E-state index contributed by atoms with van der Waals surface area (Å²) in [6, 6.07) is 14.8. The van der Waals surface area contributed by atoms with Crippen molar-refractivity contribution < 1.29 is 9.59 Å². The van der Waals surface area contributed by atoms with Crippen molar-refractivity contribution in [3.8, 4) is 0 Å². The highest BCUT2D eigenvalue weighted by Gasteiger charge is 2.57. The first kappa shape index (κ1) is 23.7. The van der Waals surface area contributed by atoms with Gasteiger partial charge in [0, 0.05) is 29.2 Å². The molecule has 3 aliphatic carbocycles. The molecule has 0 spiro atoms. The Balaban J connectivity index is 1.35. The second kappa shape index (κ2) is 8.85. The van der Waals surface area contributed by atoms with Crippen molar-refractivity contribution in [1.82, 2.24) is 10.3 Å². The Morgan fingerprint density at radius 2 is 1.65 bits per heavy atom. The molecule has 4 aliphatic rings. The van der Waals surface area contributed by atoms with E-state index in [1.165, 1.54) is 6.42 Å². The maximum Gasteiger partial charge on any atom is 0.255 e. The Labute approximate surface area is 211 Å². The van der Waals surface area contributed by atoms with Gasteiger partial charge in [-0.3, -0.25) is 9.59 Å². The first-order valence-electron chi connectivity index (χ1n) is 12.0. The van der Waals surface area contributed by atoms with Gasteiger partial charge in [0.05, 0.1) is 5.69 Å². The topological polar surface area (TPSA) is 52.7 Å². The van der Waals surface area contributed by atoms with Crippen LogP contribution in [0.3, 0.4) is 0 Å². The molecule has 0 radical (unpaired) electrons. The second-order valence-corrected chi connectivity index (χ2v) is 11.6. The zero-order chi connectivity index (χ0) is 24.2. The fourth-order valence-corrected chi connectivity index (χ4v) is 6.54. The largest absolute Gasteiger partial charge is 0.352 e. The third-order valence-corrected chi connectivity index (χ3v) is 9.03. The Morgan fingerprint density at radius 3 is 2.24 bits per heavy atom. The van der Waals surface area contributed by atoms with Crippen molar-refractivity contribution in [2.24, 2.45) is 29.1 Å². The Bertz CT molecular complexity index is 1090. The van der Waals surface area contributed by atoms with E-state index in [1.807, 2.05) is 41.4 Å². The van der Waals surface area contributed by atoms with Crippen molar-refractivity contribution in [1.29, 1.82) is 0 Å². The number of nitrogens with one attached hydrogen (secondary N) is 1. The summed E-state index contributed by atoms with van der Waals surface area (Å²) in [5, 5.41) is 8.08. The molecule has 2 aromatic rings. The van der Waals surface area contributed by atoms with Gasteiger partial charge in [-0.05, 0) is 78.0 Å². The molecule has 2 aromatic carbocycles. The molecule has 180 valence electrons. The molecule has 7 heteroatoms. The average molecular weight is 500 g/mol. The lowest BCUT2D eigenvalue weighted by atomic mass is 9.45. The van der Waals surface area contributed by atoms with E-state index in [9.17, 15) is 9.59 Å². The zero-order valence-corrected chi connectivity index (χ0v) is 21.3. The van der Waals surface area contributed by atoms with Gasteiger partial charge in [0.2, 0.25) is 5.91 Å². The number of rotatable bonds is 5. The standard InChI is InChI=1S/C27H31Cl2N3O2/c1-16-23-12-18(27(23,2)3)13-24(16)30-25(33)22-15-31(14-17-4-6-19(28)7-5-17)32(26(22)34)21-10-8-20(29)9-11-21/h4-11,16,18,22-24H,12-15H2,1-3H3,(H,30,33)/t16-,18?,22?,23-,24?/m1/s1. The van der Waals surface area contributed by atoms with Gasteiger partial charge in [0.1, 0.15) is 5.92 Å². The highest BCUT2D eigenvalue weighted by molar-refractivity contribution is 6.30. The number of nitrogens with zero attached hydrogens (tertiary/aromatic N) is 2. The molecular weight excluding hydrogens is 469 g/mol. The van der Waals surface area contributed by atoms with Gasteiger partial charge in [-0.2, -0.15) is 0 Å². The van der Waals surface area contributed by atoms with Gasteiger partial charge < -0.3 is 5.32 Å². The summed E-state index contributed by atoms with van der Waals surface area (Å²) < 4.78 is 0. The number of halogens is 2. The molecule has 2 amide bonds. The molecule has 4 fully saturated rings. The van der Waals surface area contributed by atoms with Crippen molar-refractivity contribution >= 4 is 40.7 Å². The maximum absolute atomic E-state index is 13.6. The van der Waals surface area contributed by atoms with Crippen LogP contribution in [0.25, 0.3) is 0 Å². The third-order valence-electron chi connectivity index (χ3n) is 8.53. The lowest BCUT2D eigenvalue weighted by molar-refractivity contribution is -0.139. The van der Waals surface area contributed by atoms with E-state index in [2.05, 4.69) is 26.1 Å². The highest BCUT2D eigenvalue weighted by Crippen LogP contribution is 2.61. The minimum Gasteiger partial charge on any atom is -0.352 e. The summed E-state index contributed by atoms with van der Waals surface area (Å²) in [4.78, 5) is 27.0. The van der Waals surface area contributed by atoms with E-state index in [0.29, 0.717) is 52.0 Å². The van der Waals surface area contributed by atoms with Crippen LogP contribution in [0.4, 0.5) is 5.69 Å². The predicted molar refractivity (Wildman–Crippen MR) is 135 cm³/mol. The minimum atomic E-state index is -0.749. The number of amides is 2. The molecule has 1 N–H and O–H groups in total. The number of carbonyl (C=O) groups is 2. The van der Waals surface area contributed by atoms with Crippen LogP contribution in [0.1, 0.15) is 39.2 Å². The van der Waals surface area contributed by atoms with Gasteiger partial charge in [-0.1, -0.05) is 56.1 Å². The van der Waals surface area contributed by atoms with Crippen molar-refractivity contribution in [3.05, 3.63) is 64.1 Å². The number of hydrazine groups is 1. The number of hydrogen-bond acceptors (Lipinski definition) is 3. The molecule has 1 aliphatic heterocycles. The number of fused-ring (bicyclic) bond motifs is 2. The monoisotopic (exact) mass is 499 g/mol. The fourth-order valence-electron chi connectivity index (χ4n) is 6.28. The van der Waals surface area contributed by atoms with Gasteiger partial charge >= 0.3 is 0 Å². The van der Waals surface area contributed by atoms with Crippen LogP contribution in [0.2, 0.25) is 10.0 Å². The normalized spacial score (nSPS) is 30.2. The second-order valence-electron chi connectivity index (χ2n) is 10.7. The summed E-state index contributed by atoms with van der Waals surface area (Å²) in [6.07, 6.45) is 2.24. The van der Waals surface area contributed by atoms with Gasteiger partial charge in [-0.25, -0.2) is 10.0 Å². The lowest BCUT2D eigenvalue weighted by Gasteiger charge is -2.62. The van der Waals surface area contributed by atoms with Gasteiger partial charge in [0.25, 0.3) is 5.91 Å². The summed E-state index contributed by atoms with van der Waals surface area (Å²) in [5.74, 6) is 0.564. The van der Waals surface area contributed by atoms with E-state index in [4.69, 9.17) is 23.2 Å². The van der Waals surface area contributed by atoms with E-state index in [1.54, 1.807) is 17.1 Å². The van der Waals surface area contributed by atoms with Crippen LogP contribution in [0, 0.1) is 29.1 Å². The summed E-state index contributed by atoms with van der Waals surface area (Å²) in [6.45, 7) is 7.76. The van der Waals surface area contributed by atoms with Crippen molar-refractivity contribution in [2.45, 2.75) is 46.2 Å². The molecular formula is C27H31Cl2N3O2. The average Bonchev–Trinajstić information content (AvgIpc) is 3.12. The Morgan fingerprint density at radius 1 is 1.03 bits per heavy atom. The van der Waals surface area contributed by atoms with Crippen molar-refractivity contribution in [3.63, 3.8) is 0 Å². The third kappa shape index (κ3) is 4.12. The molecule has 5 atom stereocenters. The van der Waals surface area contributed by atoms with Crippen LogP contribution in [0.15, 0.2) is 48.5 Å². The molecule has 0 aromatic heterocycles. The van der Waals surface area contributed by atoms with Crippen LogP contribution in [-0.4, -0.2) is 29.4 Å². The van der Waals surface area contributed by atoms with E-state index in [0.717, 1.165) is 12.0 Å². The van der Waals surface area contributed by atoms with Crippen molar-refractivity contribution in [2.75, 3.05) is 11.6 Å². The van der Waals surface area contributed by atoms with Gasteiger partial charge in [0.15, 0.2) is 0 Å². The molecule has 6 rings (SSSR count). The number of benzene rings is 2. The first-order chi connectivity index (χ1) is 16.1. The first-order valence-corrected chi connectivity index (χ1v) is 12.8. The van der Waals surface area contributed by atoms with Crippen LogP contribution in [0.5, 0.6) is 0 Å². The van der Waals surface area contributed by atoms with Crippen LogP contribution in [-0.2, 0) is 16.1 Å². The molecule has 1 saturated heterocycles.